The molecule has 0 aromatic heterocycles. The summed E-state index contributed by atoms with van der Waals surface area (Å²) in [6, 6.07) is 1.76. The maximum absolute atomic E-state index is 12.8. The molecule has 1 unspecified atom stereocenters. The fourth-order valence-corrected chi connectivity index (χ4v) is 3.66. The number of hydrogen-bond donors (Lipinski definition) is 1. The van der Waals surface area contributed by atoms with Crippen molar-refractivity contribution < 1.29 is 33.6 Å². The summed E-state index contributed by atoms with van der Waals surface area (Å²) in [5, 5.41) is 11.5. The van der Waals surface area contributed by atoms with Crippen molar-refractivity contribution in [2.45, 2.75) is 54.3 Å². The topological polar surface area (TPSA) is 91.3 Å². The highest BCUT2D eigenvalue weighted by Gasteiger charge is 2.31. The van der Waals surface area contributed by atoms with Crippen LogP contribution in [0.15, 0.2) is 35.8 Å². The van der Waals surface area contributed by atoms with E-state index in [1.807, 2.05) is 6.08 Å². The quantitative estimate of drug-likeness (QED) is 0.529. The van der Waals surface area contributed by atoms with E-state index in [9.17, 15) is 14.7 Å². The number of esters is 2. The fourth-order valence-electron chi connectivity index (χ4n) is 3.66. The average Bonchev–Trinajstić information content (AvgIpc) is 2.88. The van der Waals surface area contributed by atoms with Gasteiger partial charge in [0.05, 0.1) is 23.7 Å². The van der Waals surface area contributed by atoms with Gasteiger partial charge in [0.2, 0.25) is 0 Å². The van der Waals surface area contributed by atoms with Gasteiger partial charge in [0.15, 0.2) is 6.29 Å². The van der Waals surface area contributed by atoms with Crippen molar-refractivity contribution in [3.63, 3.8) is 0 Å². The summed E-state index contributed by atoms with van der Waals surface area (Å²) in [5.41, 5.74) is 0.629. The van der Waals surface area contributed by atoms with Crippen molar-refractivity contribution in [3.8, 4) is 11.5 Å². The molecule has 2 heterocycles. The Labute approximate surface area is 198 Å². The number of aliphatic hydroxyl groups is 1. The number of rotatable bonds is 2. The third kappa shape index (κ3) is 4.72. The highest BCUT2D eigenvalue weighted by Crippen LogP contribution is 2.33. The lowest BCUT2D eigenvalue weighted by Gasteiger charge is -2.25. The van der Waals surface area contributed by atoms with Crippen LogP contribution in [0.1, 0.15) is 53.5 Å². The Kier molecular flexibility index (Phi) is 6.04. The molecule has 0 bridgehead atoms. The van der Waals surface area contributed by atoms with Crippen molar-refractivity contribution in [3.05, 3.63) is 51.8 Å². The number of ether oxygens (including phenoxy) is 4. The van der Waals surface area contributed by atoms with Gasteiger partial charge in [-0.3, -0.25) is 9.59 Å². The Morgan fingerprint density at radius 3 is 2.38 bits per heavy atom. The average molecular weight is 467 g/mol. The summed E-state index contributed by atoms with van der Waals surface area (Å²) in [5.74, 6) is 0.414. The van der Waals surface area contributed by atoms with Crippen LogP contribution in [0.2, 0.25) is 0 Å². The predicted octanol–water partition coefficient (Wildman–Crippen LogP) is 3.08. The number of fused-ring (bicyclic) bond motifs is 4. The third-order valence-electron chi connectivity index (χ3n) is 5.59. The van der Waals surface area contributed by atoms with E-state index in [-0.39, 0.29) is 13.0 Å². The molecule has 7 heteroatoms. The van der Waals surface area contributed by atoms with Crippen LogP contribution in [-0.2, 0) is 19.1 Å². The van der Waals surface area contributed by atoms with Gasteiger partial charge in [-0.15, -0.1) is 0 Å². The SMILES string of the molecule is CC(C)(C)C(=O)OC1=Cc2c3c(cc(OC(=O)C(C)(C)C)c2=C2COC(O)CC2=C1)=CC=CO3. The Morgan fingerprint density at radius 2 is 1.71 bits per heavy atom. The molecular formula is C27H30O7. The van der Waals surface area contributed by atoms with Crippen molar-refractivity contribution in [2.24, 2.45) is 10.8 Å². The molecule has 1 N–H and O–H groups in total. The summed E-state index contributed by atoms with van der Waals surface area (Å²) in [7, 11) is 0. The van der Waals surface area contributed by atoms with Gasteiger partial charge in [-0.1, -0.05) is 0 Å². The molecule has 1 saturated heterocycles. The van der Waals surface area contributed by atoms with Gasteiger partial charge in [-0.2, -0.15) is 0 Å². The van der Waals surface area contributed by atoms with Gasteiger partial charge < -0.3 is 24.1 Å². The molecule has 0 amide bonds. The molecule has 1 aromatic rings. The lowest BCUT2D eigenvalue weighted by Crippen LogP contribution is -2.32. The molecule has 34 heavy (non-hydrogen) atoms. The Morgan fingerprint density at radius 1 is 1.03 bits per heavy atom. The number of carbonyl (C=O) groups excluding carboxylic acids is 2. The molecule has 4 rings (SSSR count). The van der Waals surface area contributed by atoms with E-state index in [1.54, 1.807) is 72.1 Å². The first-order chi connectivity index (χ1) is 15.8. The van der Waals surface area contributed by atoms with Crippen LogP contribution >= 0.6 is 0 Å². The molecule has 1 aliphatic carbocycles. The first kappa shape index (κ1) is 24.0. The standard InChI is InChI=1S/C27H30O7/c1-26(2,3)24(29)33-17-10-16-12-21(28)32-14-19(16)22-18(13-17)23-15(8-7-9-31-23)11-20(22)34-25(30)27(4,5)6/h7-11,13,21,28H,12,14H2,1-6H3. The predicted molar refractivity (Wildman–Crippen MR) is 127 cm³/mol. The number of carbonyl (C=O) groups is 2. The second-order valence-corrected chi connectivity index (χ2v) is 10.6. The van der Waals surface area contributed by atoms with Gasteiger partial charge in [-0.05, 0) is 83.1 Å². The zero-order chi connectivity index (χ0) is 24.8. The number of benzene rings is 1. The van der Waals surface area contributed by atoms with Crippen LogP contribution in [0.5, 0.6) is 11.5 Å². The molecule has 1 fully saturated rings. The highest BCUT2D eigenvalue weighted by molar-refractivity contribution is 5.84. The zero-order valence-corrected chi connectivity index (χ0v) is 20.4. The fraction of sp³-hybridized carbons (Fsp3) is 0.407. The van der Waals surface area contributed by atoms with Crippen molar-refractivity contribution >= 4 is 29.7 Å². The molecule has 0 radical (unpaired) electrons. The van der Waals surface area contributed by atoms with Gasteiger partial charge in [0.1, 0.15) is 17.3 Å². The van der Waals surface area contributed by atoms with E-state index in [0.717, 1.165) is 16.4 Å². The molecule has 1 atom stereocenters. The summed E-state index contributed by atoms with van der Waals surface area (Å²) in [4.78, 5) is 25.6. The lowest BCUT2D eigenvalue weighted by atomic mass is 9.95. The lowest BCUT2D eigenvalue weighted by molar-refractivity contribution is -0.147. The van der Waals surface area contributed by atoms with Crippen molar-refractivity contribution in [1.82, 2.24) is 0 Å². The maximum Gasteiger partial charge on any atom is 0.316 e. The minimum absolute atomic E-state index is 0.0900. The highest BCUT2D eigenvalue weighted by atomic mass is 16.6. The first-order valence-electron chi connectivity index (χ1n) is 11.2. The van der Waals surface area contributed by atoms with E-state index < -0.39 is 29.1 Å². The second kappa shape index (κ2) is 8.56. The van der Waals surface area contributed by atoms with Crippen LogP contribution < -0.4 is 19.9 Å². The summed E-state index contributed by atoms with van der Waals surface area (Å²) in [6.45, 7) is 10.8. The van der Waals surface area contributed by atoms with E-state index >= 15 is 0 Å². The minimum Gasteiger partial charge on any atom is -0.464 e. The zero-order valence-electron chi connectivity index (χ0n) is 20.4. The van der Waals surface area contributed by atoms with E-state index in [4.69, 9.17) is 18.9 Å². The van der Waals surface area contributed by atoms with Gasteiger partial charge >= 0.3 is 11.9 Å². The Hall–Kier alpha value is -3.16. The van der Waals surface area contributed by atoms with Crippen LogP contribution in [0, 0.1) is 10.8 Å². The van der Waals surface area contributed by atoms with Crippen LogP contribution in [0.4, 0.5) is 0 Å². The third-order valence-corrected chi connectivity index (χ3v) is 5.59. The molecule has 0 saturated carbocycles. The molecule has 2 aliphatic heterocycles. The number of allylic oxidation sites excluding steroid dienone is 2. The largest absolute Gasteiger partial charge is 0.464 e. The Bertz CT molecular complexity index is 1260. The summed E-state index contributed by atoms with van der Waals surface area (Å²) < 4.78 is 23.1. The van der Waals surface area contributed by atoms with E-state index in [2.05, 4.69) is 0 Å². The van der Waals surface area contributed by atoms with Crippen molar-refractivity contribution in [1.29, 1.82) is 0 Å². The van der Waals surface area contributed by atoms with Crippen molar-refractivity contribution in [2.75, 3.05) is 6.61 Å². The second-order valence-electron chi connectivity index (χ2n) is 10.6. The molecular weight excluding hydrogens is 436 g/mol. The molecule has 0 spiro atoms. The normalized spacial score (nSPS) is 19.3. The van der Waals surface area contributed by atoms with E-state index in [0.29, 0.717) is 28.0 Å². The van der Waals surface area contributed by atoms with Gasteiger partial charge in [-0.25, -0.2) is 0 Å². The molecule has 180 valence electrons. The molecule has 3 aliphatic rings. The van der Waals surface area contributed by atoms with Crippen LogP contribution in [0.25, 0.3) is 17.7 Å². The minimum atomic E-state index is -0.998. The summed E-state index contributed by atoms with van der Waals surface area (Å²) in [6.07, 6.45) is 7.80. The number of aliphatic hydroxyl groups excluding tert-OH is 1. The maximum atomic E-state index is 12.8. The van der Waals surface area contributed by atoms with Gasteiger partial charge in [0.25, 0.3) is 0 Å². The molecule has 7 nitrogen and oxygen atoms in total. The number of hydrogen-bond acceptors (Lipinski definition) is 7. The monoisotopic (exact) mass is 466 g/mol. The van der Waals surface area contributed by atoms with Crippen LogP contribution in [0.3, 0.4) is 0 Å². The molecule has 1 aromatic carbocycles. The van der Waals surface area contributed by atoms with Crippen LogP contribution in [-0.4, -0.2) is 29.9 Å². The smallest absolute Gasteiger partial charge is 0.316 e. The summed E-state index contributed by atoms with van der Waals surface area (Å²) >= 11 is 0. The van der Waals surface area contributed by atoms with E-state index in [1.165, 1.54) is 0 Å². The Balaban J connectivity index is 2.00. The first-order valence-corrected chi connectivity index (χ1v) is 11.2. The van der Waals surface area contributed by atoms with Gasteiger partial charge in [0, 0.05) is 22.4 Å².